The van der Waals surface area contributed by atoms with Gasteiger partial charge in [-0.15, -0.1) is 0 Å². The van der Waals surface area contributed by atoms with E-state index in [-0.39, 0.29) is 10.0 Å². The van der Waals surface area contributed by atoms with Gasteiger partial charge in [0.25, 0.3) is 10.0 Å². The molecule has 0 radical (unpaired) electrons. The number of nitrogens with zero attached hydrogens (tertiary/aromatic N) is 2. The number of aromatic nitrogens is 1. The molecule has 19 heavy (non-hydrogen) atoms. The Kier molecular flexibility index (Phi) is 3.78. The number of sulfonamides is 1. The average Bonchev–Trinajstić information content (AvgIpc) is 2.39. The molecule has 0 fully saturated rings. The molecule has 0 aliphatic rings. The maximum Gasteiger partial charge on any atom is 0.267 e. The largest absolute Gasteiger partial charge is 0.269 e. The lowest BCUT2D eigenvalue weighted by Crippen LogP contribution is -2.26. The van der Waals surface area contributed by atoms with Crippen molar-refractivity contribution in [3.05, 3.63) is 53.3 Å². The fourth-order valence-corrected chi connectivity index (χ4v) is 3.23. The van der Waals surface area contributed by atoms with Gasteiger partial charge in [0.15, 0.2) is 0 Å². The molecule has 4 nitrogen and oxygen atoms in total. The first kappa shape index (κ1) is 13.8. The Balaban J connectivity index is 2.45. The quantitative estimate of drug-likeness (QED) is 0.818. The maximum absolute atomic E-state index is 12.4. The molecular weight excluding hydrogens is 284 g/mol. The van der Waals surface area contributed by atoms with E-state index in [2.05, 4.69) is 4.98 Å². The Morgan fingerprint density at radius 1 is 1.16 bits per heavy atom. The molecule has 0 atom stereocenters. The summed E-state index contributed by atoms with van der Waals surface area (Å²) < 4.78 is 26.1. The Hall–Kier alpha value is -1.59. The third-order valence-electron chi connectivity index (χ3n) is 2.76. The molecule has 2 rings (SSSR count). The summed E-state index contributed by atoms with van der Waals surface area (Å²) in [5.74, 6) is 0. The molecule has 0 saturated heterocycles. The van der Waals surface area contributed by atoms with Gasteiger partial charge in [0, 0.05) is 13.2 Å². The van der Waals surface area contributed by atoms with Crippen LogP contribution in [0.15, 0.2) is 47.5 Å². The fourth-order valence-electron chi connectivity index (χ4n) is 1.60. The minimum Gasteiger partial charge on any atom is -0.269 e. The normalized spacial score (nSPS) is 11.3. The van der Waals surface area contributed by atoms with E-state index < -0.39 is 10.0 Å². The van der Waals surface area contributed by atoms with Gasteiger partial charge in [-0.1, -0.05) is 29.3 Å². The topological polar surface area (TPSA) is 50.3 Å². The predicted molar refractivity (Wildman–Crippen MR) is 76.0 cm³/mol. The maximum atomic E-state index is 12.4. The predicted octanol–water partition coefficient (Wildman–Crippen LogP) is 2.87. The van der Waals surface area contributed by atoms with Crippen LogP contribution in [0.2, 0.25) is 5.15 Å². The van der Waals surface area contributed by atoms with E-state index in [4.69, 9.17) is 11.6 Å². The fraction of sp³-hybridized carbons (Fsp3) is 0.154. The monoisotopic (exact) mass is 296 g/mol. The van der Waals surface area contributed by atoms with E-state index in [1.54, 1.807) is 18.2 Å². The molecule has 1 heterocycles. The number of benzene rings is 1. The summed E-state index contributed by atoms with van der Waals surface area (Å²) in [5, 5.41) is -0.0264. The molecule has 0 spiro atoms. The van der Waals surface area contributed by atoms with Gasteiger partial charge >= 0.3 is 0 Å². The van der Waals surface area contributed by atoms with Crippen LogP contribution in [0.5, 0.6) is 0 Å². The van der Waals surface area contributed by atoms with Crippen LogP contribution in [0.3, 0.4) is 0 Å². The summed E-state index contributed by atoms with van der Waals surface area (Å²) >= 11 is 5.85. The second-order valence-corrected chi connectivity index (χ2v) is 6.40. The second-order valence-electron chi connectivity index (χ2n) is 4.10. The molecule has 0 saturated carbocycles. The van der Waals surface area contributed by atoms with Crippen LogP contribution in [0, 0.1) is 6.92 Å². The van der Waals surface area contributed by atoms with Crippen LogP contribution in [0.4, 0.5) is 5.69 Å². The third kappa shape index (κ3) is 2.72. The highest BCUT2D eigenvalue weighted by molar-refractivity contribution is 7.92. The van der Waals surface area contributed by atoms with Gasteiger partial charge in [-0.05, 0) is 31.2 Å². The molecule has 100 valence electrons. The number of pyridine rings is 1. The van der Waals surface area contributed by atoms with Crippen molar-refractivity contribution >= 4 is 27.3 Å². The van der Waals surface area contributed by atoms with E-state index in [0.717, 1.165) is 5.56 Å². The van der Waals surface area contributed by atoms with Crippen molar-refractivity contribution in [2.75, 3.05) is 11.4 Å². The first-order valence-corrected chi connectivity index (χ1v) is 7.41. The van der Waals surface area contributed by atoms with Crippen LogP contribution in [-0.4, -0.2) is 20.4 Å². The lowest BCUT2D eigenvalue weighted by Gasteiger charge is -2.19. The molecule has 0 bridgehead atoms. The zero-order valence-electron chi connectivity index (χ0n) is 10.5. The highest BCUT2D eigenvalue weighted by Crippen LogP contribution is 2.25. The van der Waals surface area contributed by atoms with E-state index in [1.807, 2.05) is 19.1 Å². The number of hydrogen-bond acceptors (Lipinski definition) is 3. The van der Waals surface area contributed by atoms with Crippen molar-refractivity contribution < 1.29 is 8.42 Å². The molecule has 0 unspecified atom stereocenters. The van der Waals surface area contributed by atoms with Crippen LogP contribution in [0.25, 0.3) is 0 Å². The first-order valence-electron chi connectivity index (χ1n) is 5.59. The zero-order valence-corrected chi connectivity index (χ0v) is 12.1. The van der Waals surface area contributed by atoms with Crippen molar-refractivity contribution in [3.8, 4) is 0 Å². The molecule has 1 aromatic carbocycles. The Morgan fingerprint density at radius 3 is 2.37 bits per heavy atom. The highest BCUT2D eigenvalue weighted by Gasteiger charge is 2.24. The van der Waals surface area contributed by atoms with Crippen molar-refractivity contribution in [2.24, 2.45) is 0 Å². The SMILES string of the molecule is Cc1ccc(N(C)S(=O)(=O)c2cccnc2Cl)cc1. The lowest BCUT2D eigenvalue weighted by molar-refractivity contribution is 0.594. The average molecular weight is 297 g/mol. The van der Waals surface area contributed by atoms with Gasteiger partial charge < -0.3 is 0 Å². The molecule has 0 aliphatic heterocycles. The van der Waals surface area contributed by atoms with Crippen molar-refractivity contribution in [1.29, 1.82) is 0 Å². The second kappa shape index (κ2) is 5.19. The molecule has 1 aromatic heterocycles. The Labute approximate surface area is 117 Å². The number of hydrogen-bond donors (Lipinski definition) is 0. The highest BCUT2D eigenvalue weighted by atomic mass is 35.5. The number of anilines is 1. The van der Waals surface area contributed by atoms with Gasteiger partial charge in [-0.2, -0.15) is 0 Å². The summed E-state index contributed by atoms with van der Waals surface area (Å²) in [4.78, 5) is 3.79. The van der Waals surface area contributed by atoms with Gasteiger partial charge in [-0.3, -0.25) is 4.31 Å². The van der Waals surface area contributed by atoms with E-state index in [0.29, 0.717) is 5.69 Å². The standard InChI is InChI=1S/C13H13ClN2O2S/c1-10-5-7-11(8-6-10)16(2)19(17,18)12-4-3-9-15-13(12)14/h3-9H,1-2H3. The number of halogens is 1. The smallest absolute Gasteiger partial charge is 0.267 e. The van der Waals surface area contributed by atoms with Crippen LogP contribution in [0.1, 0.15) is 5.56 Å². The van der Waals surface area contributed by atoms with Crippen molar-refractivity contribution in [2.45, 2.75) is 11.8 Å². The van der Waals surface area contributed by atoms with E-state index in [1.165, 1.54) is 23.6 Å². The minimum atomic E-state index is -3.70. The summed E-state index contributed by atoms with van der Waals surface area (Å²) in [6, 6.07) is 10.2. The summed E-state index contributed by atoms with van der Waals surface area (Å²) in [6.45, 7) is 1.94. The summed E-state index contributed by atoms with van der Waals surface area (Å²) in [6.07, 6.45) is 1.45. The third-order valence-corrected chi connectivity index (χ3v) is 4.99. The van der Waals surface area contributed by atoms with Crippen molar-refractivity contribution in [1.82, 2.24) is 4.98 Å². The van der Waals surface area contributed by atoms with Crippen LogP contribution < -0.4 is 4.31 Å². The molecule has 6 heteroatoms. The van der Waals surface area contributed by atoms with Crippen molar-refractivity contribution in [3.63, 3.8) is 0 Å². The van der Waals surface area contributed by atoms with Gasteiger partial charge in [0.05, 0.1) is 5.69 Å². The summed E-state index contributed by atoms with van der Waals surface area (Å²) in [5.41, 5.74) is 1.64. The molecule has 2 aromatic rings. The van der Waals surface area contributed by atoms with E-state index >= 15 is 0 Å². The number of aryl methyl sites for hydroxylation is 1. The van der Waals surface area contributed by atoms with Gasteiger partial charge in [0.1, 0.15) is 10.0 Å². The molecule has 0 amide bonds. The first-order chi connectivity index (χ1) is 8.93. The molecule has 0 aliphatic carbocycles. The van der Waals surface area contributed by atoms with Crippen LogP contribution >= 0.6 is 11.6 Å². The minimum absolute atomic E-state index is 0.000239. The lowest BCUT2D eigenvalue weighted by atomic mass is 10.2. The Morgan fingerprint density at radius 2 is 1.79 bits per heavy atom. The number of rotatable bonds is 3. The van der Waals surface area contributed by atoms with Gasteiger partial charge in [0.2, 0.25) is 0 Å². The molecular formula is C13H13ClN2O2S. The van der Waals surface area contributed by atoms with E-state index in [9.17, 15) is 8.42 Å². The van der Waals surface area contributed by atoms with Gasteiger partial charge in [-0.25, -0.2) is 13.4 Å². The van der Waals surface area contributed by atoms with Crippen LogP contribution in [-0.2, 0) is 10.0 Å². The zero-order chi connectivity index (χ0) is 14.0. The summed E-state index contributed by atoms with van der Waals surface area (Å²) in [7, 11) is -2.21. The Bertz CT molecular complexity index is 684. The molecule has 0 N–H and O–H groups in total.